The van der Waals surface area contributed by atoms with E-state index < -0.39 is 10.0 Å². The number of nitrogens with zero attached hydrogens (tertiary/aromatic N) is 2. The molecule has 10 heteroatoms. The lowest BCUT2D eigenvalue weighted by atomic mass is 10.2. The van der Waals surface area contributed by atoms with E-state index in [0.717, 1.165) is 5.52 Å². The van der Waals surface area contributed by atoms with E-state index in [4.69, 9.17) is 0 Å². The van der Waals surface area contributed by atoms with Gasteiger partial charge in [0.05, 0.1) is 10.4 Å². The fourth-order valence-corrected chi connectivity index (χ4v) is 4.28. The molecular formula is C17H13N5O3S2. The molecule has 2 aromatic heterocycles. The van der Waals surface area contributed by atoms with Crippen LogP contribution in [0.4, 0.5) is 10.8 Å². The molecule has 27 heavy (non-hydrogen) atoms. The van der Waals surface area contributed by atoms with Crippen LogP contribution in [-0.4, -0.2) is 29.5 Å². The minimum absolute atomic E-state index is 0.0703. The van der Waals surface area contributed by atoms with Crippen LogP contribution in [0.2, 0.25) is 0 Å². The van der Waals surface area contributed by atoms with E-state index in [2.05, 4.69) is 25.2 Å². The fraction of sp³-hybridized carbons (Fsp3) is 0. The minimum atomic E-state index is -3.73. The van der Waals surface area contributed by atoms with Crippen LogP contribution in [0.5, 0.6) is 0 Å². The molecule has 4 rings (SSSR count). The molecule has 2 aromatic carbocycles. The van der Waals surface area contributed by atoms with Crippen molar-refractivity contribution in [3.8, 4) is 0 Å². The van der Waals surface area contributed by atoms with E-state index in [1.807, 2.05) is 18.2 Å². The molecule has 0 unspecified atom stereocenters. The predicted octanol–water partition coefficient (Wildman–Crippen LogP) is 3.07. The van der Waals surface area contributed by atoms with E-state index in [0.29, 0.717) is 11.1 Å². The first-order valence-corrected chi connectivity index (χ1v) is 10.2. The van der Waals surface area contributed by atoms with Crippen LogP contribution in [0.25, 0.3) is 10.9 Å². The third kappa shape index (κ3) is 3.52. The molecule has 4 aromatic rings. The Labute approximate surface area is 158 Å². The van der Waals surface area contributed by atoms with Gasteiger partial charge in [-0.05, 0) is 30.3 Å². The van der Waals surface area contributed by atoms with Crippen LogP contribution in [0, 0.1) is 0 Å². The van der Waals surface area contributed by atoms with E-state index in [9.17, 15) is 13.2 Å². The largest absolute Gasteiger partial charge is 0.321 e. The smallest absolute Gasteiger partial charge is 0.276 e. The number of carbonyl (C=O) groups is 1. The Morgan fingerprint density at radius 1 is 1.07 bits per heavy atom. The number of amides is 1. The number of nitrogens with one attached hydrogen (secondary N) is 3. The molecule has 0 atom stereocenters. The molecule has 0 fully saturated rings. The molecule has 0 saturated carbocycles. The van der Waals surface area contributed by atoms with Crippen LogP contribution in [0.15, 0.2) is 65.0 Å². The van der Waals surface area contributed by atoms with Crippen molar-refractivity contribution in [1.82, 2.24) is 15.2 Å². The molecular weight excluding hydrogens is 386 g/mol. The first-order valence-electron chi connectivity index (χ1n) is 7.80. The molecule has 1 amide bonds. The number of fused-ring (bicyclic) bond motifs is 1. The van der Waals surface area contributed by atoms with Gasteiger partial charge in [-0.15, -0.1) is 11.3 Å². The highest BCUT2D eigenvalue weighted by molar-refractivity contribution is 7.93. The van der Waals surface area contributed by atoms with Crippen molar-refractivity contribution < 1.29 is 13.2 Å². The Balaban J connectivity index is 1.51. The number of para-hydroxylation sites is 1. The molecule has 136 valence electrons. The zero-order valence-electron chi connectivity index (χ0n) is 13.7. The maximum Gasteiger partial charge on any atom is 0.276 e. The summed E-state index contributed by atoms with van der Waals surface area (Å²) >= 11 is 1.19. The number of anilines is 2. The summed E-state index contributed by atoms with van der Waals surface area (Å²) in [7, 11) is -3.73. The molecule has 0 aliphatic heterocycles. The number of aromatic amines is 1. The van der Waals surface area contributed by atoms with Gasteiger partial charge in [-0.1, -0.05) is 18.2 Å². The quantitative estimate of drug-likeness (QED) is 0.477. The third-order valence-electron chi connectivity index (χ3n) is 3.76. The van der Waals surface area contributed by atoms with Crippen molar-refractivity contribution in [3.05, 3.63) is 65.8 Å². The Hall–Kier alpha value is -3.24. The molecule has 0 aliphatic carbocycles. The second-order valence-electron chi connectivity index (χ2n) is 5.54. The first-order chi connectivity index (χ1) is 13.0. The fourth-order valence-electron chi connectivity index (χ4n) is 2.49. The van der Waals surface area contributed by atoms with E-state index in [1.165, 1.54) is 41.8 Å². The van der Waals surface area contributed by atoms with Crippen LogP contribution < -0.4 is 10.0 Å². The maximum atomic E-state index is 12.5. The summed E-state index contributed by atoms with van der Waals surface area (Å²) in [6, 6.07) is 13.2. The summed E-state index contributed by atoms with van der Waals surface area (Å²) in [5, 5.41) is 12.2. The lowest BCUT2D eigenvalue weighted by Gasteiger charge is -2.07. The standard InChI is InChI=1S/C17H13N5O3S2/c23-16(15-13-3-1-2-4-14(13)20-21-15)19-11-5-7-12(8-6-11)27(24,25)22-17-18-9-10-26-17/h1-10H,(H,18,22)(H,19,23)(H,20,21). The van der Waals surface area contributed by atoms with Gasteiger partial charge < -0.3 is 5.32 Å². The number of sulfonamides is 1. The zero-order valence-corrected chi connectivity index (χ0v) is 15.3. The van der Waals surface area contributed by atoms with Crippen molar-refractivity contribution in [3.63, 3.8) is 0 Å². The van der Waals surface area contributed by atoms with Gasteiger partial charge in [0.25, 0.3) is 15.9 Å². The molecule has 2 heterocycles. The van der Waals surface area contributed by atoms with Crippen LogP contribution in [0.3, 0.4) is 0 Å². The highest BCUT2D eigenvalue weighted by Crippen LogP contribution is 2.21. The van der Waals surface area contributed by atoms with Gasteiger partial charge in [0.15, 0.2) is 10.8 Å². The van der Waals surface area contributed by atoms with Crippen molar-refractivity contribution in [2.45, 2.75) is 4.90 Å². The highest BCUT2D eigenvalue weighted by atomic mass is 32.2. The average molecular weight is 399 g/mol. The predicted molar refractivity (Wildman–Crippen MR) is 103 cm³/mol. The Bertz CT molecular complexity index is 1200. The van der Waals surface area contributed by atoms with Crippen molar-refractivity contribution in [2.75, 3.05) is 10.0 Å². The molecule has 8 nitrogen and oxygen atoms in total. The van der Waals surface area contributed by atoms with Crippen molar-refractivity contribution in [2.24, 2.45) is 0 Å². The normalized spacial score (nSPS) is 11.4. The molecule has 3 N–H and O–H groups in total. The van der Waals surface area contributed by atoms with Crippen molar-refractivity contribution in [1.29, 1.82) is 0 Å². The number of aromatic nitrogens is 3. The third-order valence-corrected chi connectivity index (χ3v) is 5.93. The lowest BCUT2D eigenvalue weighted by Crippen LogP contribution is -2.14. The summed E-state index contributed by atoms with van der Waals surface area (Å²) in [6.45, 7) is 0. The number of H-pyrrole nitrogens is 1. The maximum absolute atomic E-state index is 12.5. The van der Waals surface area contributed by atoms with Crippen LogP contribution in [-0.2, 0) is 10.0 Å². The monoisotopic (exact) mass is 399 g/mol. The average Bonchev–Trinajstić information content (AvgIpc) is 3.31. The van der Waals surface area contributed by atoms with E-state index in [1.54, 1.807) is 11.4 Å². The Kier molecular flexibility index (Phi) is 4.34. The number of hydrogen-bond acceptors (Lipinski definition) is 6. The first kappa shape index (κ1) is 17.2. The lowest BCUT2D eigenvalue weighted by molar-refractivity contribution is 0.102. The molecule has 0 bridgehead atoms. The Morgan fingerprint density at radius 3 is 2.59 bits per heavy atom. The van der Waals surface area contributed by atoms with Gasteiger partial charge in [0, 0.05) is 22.7 Å². The summed E-state index contributed by atoms with van der Waals surface area (Å²) in [5.74, 6) is -0.385. The molecule has 0 radical (unpaired) electrons. The molecule has 0 aliphatic rings. The SMILES string of the molecule is O=C(Nc1ccc(S(=O)(=O)Nc2nccs2)cc1)c1n[nH]c2ccccc12. The second-order valence-corrected chi connectivity index (χ2v) is 8.12. The number of hydrogen-bond donors (Lipinski definition) is 3. The number of benzene rings is 2. The molecule has 0 spiro atoms. The van der Waals surface area contributed by atoms with Crippen molar-refractivity contribution >= 4 is 49.0 Å². The zero-order chi connectivity index (χ0) is 18.9. The summed E-state index contributed by atoms with van der Waals surface area (Å²) < 4.78 is 27.0. The van der Waals surface area contributed by atoms with Gasteiger partial charge in [0.2, 0.25) is 0 Å². The Morgan fingerprint density at radius 2 is 1.85 bits per heavy atom. The van der Waals surface area contributed by atoms with E-state index in [-0.39, 0.29) is 21.6 Å². The van der Waals surface area contributed by atoms with Gasteiger partial charge in [0.1, 0.15) is 0 Å². The second kappa shape index (κ2) is 6.82. The van der Waals surface area contributed by atoms with Crippen LogP contribution in [0.1, 0.15) is 10.5 Å². The van der Waals surface area contributed by atoms with E-state index >= 15 is 0 Å². The number of thiazole rings is 1. The highest BCUT2D eigenvalue weighted by Gasteiger charge is 2.17. The van der Waals surface area contributed by atoms with Crippen LogP contribution >= 0.6 is 11.3 Å². The summed E-state index contributed by atoms with van der Waals surface area (Å²) in [5.41, 5.74) is 1.49. The summed E-state index contributed by atoms with van der Waals surface area (Å²) in [6.07, 6.45) is 1.51. The number of carbonyl (C=O) groups excluding carboxylic acids is 1. The summed E-state index contributed by atoms with van der Waals surface area (Å²) in [4.78, 5) is 16.4. The van der Waals surface area contributed by atoms with Gasteiger partial charge in [-0.25, -0.2) is 13.4 Å². The minimum Gasteiger partial charge on any atom is -0.321 e. The number of rotatable bonds is 5. The van der Waals surface area contributed by atoms with Gasteiger partial charge in [-0.3, -0.25) is 14.6 Å². The van der Waals surface area contributed by atoms with Gasteiger partial charge in [-0.2, -0.15) is 5.10 Å². The topological polar surface area (TPSA) is 117 Å². The van der Waals surface area contributed by atoms with Gasteiger partial charge >= 0.3 is 0 Å². The molecule has 0 saturated heterocycles.